The van der Waals surface area contributed by atoms with Gasteiger partial charge in [0.05, 0.1) is 10.6 Å². The fourth-order valence-corrected chi connectivity index (χ4v) is 3.56. The van der Waals surface area contributed by atoms with Gasteiger partial charge in [0, 0.05) is 29.2 Å². The number of anilines is 1. The first-order valence-electron chi connectivity index (χ1n) is 9.23. The molecule has 0 spiro atoms. The van der Waals surface area contributed by atoms with E-state index in [0.717, 1.165) is 27.5 Å². The molecule has 1 aliphatic heterocycles. The number of para-hydroxylation sites is 1. The maximum absolute atomic E-state index is 12.8. The van der Waals surface area contributed by atoms with Crippen molar-refractivity contribution in [2.45, 2.75) is 13.8 Å². The number of amides is 3. The van der Waals surface area contributed by atoms with Crippen LogP contribution in [-0.4, -0.2) is 21.4 Å². The van der Waals surface area contributed by atoms with Crippen LogP contribution in [0.5, 0.6) is 0 Å². The van der Waals surface area contributed by atoms with Crippen LogP contribution in [-0.2, 0) is 4.79 Å². The van der Waals surface area contributed by atoms with Gasteiger partial charge in [-0.25, -0.2) is 9.69 Å². The molecule has 0 saturated carbocycles. The Balaban J connectivity index is 1.68. The zero-order valence-corrected chi connectivity index (χ0v) is 16.3. The van der Waals surface area contributed by atoms with Crippen LogP contribution in [0.25, 0.3) is 11.8 Å². The molecule has 0 atom stereocenters. The Morgan fingerprint density at radius 3 is 2.27 bits per heavy atom. The van der Waals surface area contributed by atoms with Gasteiger partial charge in [-0.15, -0.1) is 0 Å². The highest BCUT2D eigenvalue weighted by molar-refractivity contribution is 6.28. The Labute approximate surface area is 172 Å². The molecule has 1 saturated heterocycles. The molecule has 30 heavy (non-hydrogen) atoms. The third kappa shape index (κ3) is 3.24. The van der Waals surface area contributed by atoms with Crippen LogP contribution >= 0.6 is 0 Å². The zero-order chi connectivity index (χ0) is 21.4. The highest BCUT2D eigenvalue weighted by atomic mass is 16.6. The minimum absolute atomic E-state index is 0.0174. The minimum atomic E-state index is -0.498. The number of urea groups is 1. The zero-order valence-electron chi connectivity index (χ0n) is 16.3. The molecule has 2 heterocycles. The van der Waals surface area contributed by atoms with Gasteiger partial charge >= 0.3 is 6.03 Å². The molecule has 2 aromatic carbocycles. The van der Waals surface area contributed by atoms with Crippen LogP contribution in [0.4, 0.5) is 16.2 Å². The molecule has 1 aromatic heterocycles. The number of carbonyl (C=O) groups excluding carboxylic acids is 2. The van der Waals surface area contributed by atoms with Crippen LogP contribution in [0.15, 0.2) is 66.4 Å². The molecule has 8 nitrogen and oxygen atoms in total. The van der Waals surface area contributed by atoms with E-state index in [1.54, 1.807) is 42.5 Å². The largest absolute Gasteiger partial charge is 0.333 e. The summed E-state index contributed by atoms with van der Waals surface area (Å²) in [5, 5.41) is 13.5. The maximum atomic E-state index is 12.8. The monoisotopic (exact) mass is 402 g/mol. The summed E-state index contributed by atoms with van der Waals surface area (Å²) in [7, 11) is 0. The topological polar surface area (TPSA) is 97.5 Å². The number of hydrogen-bond donors (Lipinski definition) is 1. The number of nitrogens with one attached hydrogen (secondary N) is 1. The third-order valence-electron chi connectivity index (χ3n) is 4.98. The van der Waals surface area contributed by atoms with Gasteiger partial charge in [-0.3, -0.25) is 14.9 Å². The van der Waals surface area contributed by atoms with Crippen molar-refractivity contribution in [2.24, 2.45) is 0 Å². The van der Waals surface area contributed by atoms with E-state index in [4.69, 9.17) is 0 Å². The van der Waals surface area contributed by atoms with Crippen molar-refractivity contribution in [2.75, 3.05) is 4.90 Å². The van der Waals surface area contributed by atoms with Crippen LogP contribution < -0.4 is 10.2 Å². The van der Waals surface area contributed by atoms with Gasteiger partial charge < -0.3 is 9.88 Å². The molecule has 3 amide bonds. The number of imide groups is 1. The van der Waals surface area contributed by atoms with Crippen LogP contribution in [0.1, 0.15) is 17.0 Å². The van der Waals surface area contributed by atoms with Gasteiger partial charge in [-0.05, 0) is 55.8 Å². The van der Waals surface area contributed by atoms with Crippen molar-refractivity contribution in [1.29, 1.82) is 0 Å². The number of rotatable bonds is 4. The van der Waals surface area contributed by atoms with Crippen LogP contribution in [0.3, 0.4) is 0 Å². The Bertz CT molecular complexity index is 1190. The first-order valence-corrected chi connectivity index (χ1v) is 9.23. The minimum Gasteiger partial charge on any atom is -0.318 e. The second-order valence-corrected chi connectivity index (χ2v) is 6.90. The summed E-state index contributed by atoms with van der Waals surface area (Å²) in [6, 6.07) is 16.4. The lowest BCUT2D eigenvalue weighted by Gasteiger charge is -2.11. The summed E-state index contributed by atoms with van der Waals surface area (Å²) >= 11 is 0. The summed E-state index contributed by atoms with van der Waals surface area (Å²) in [6.45, 7) is 3.79. The predicted octanol–water partition coefficient (Wildman–Crippen LogP) is 4.10. The number of non-ortho nitro benzene ring substituents is 1. The molecule has 0 unspecified atom stereocenters. The summed E-state index contributed by atoms with van der Waals surface area (Å²) in [5.41, 5.74) is 3.98. The molecule has 150 valence electrons. The second kappa shape index (κ2) is 7.32. The molecule has 0 bridgehead atoms. The molecular formula is C22H18N4O4. The molecule has 1 aliphatic rings. The summed E-state index contributed by atoms with van der Waals surface area (Å²) < 4.78 is 1.94. The van der Waals surface area contributed by atoms with Crippen molar-refractivity contribution in [1.82, 2.24) is 9.88 Å². The maximum Gasteiger partial charge on any atom is 0.333 e. The van der Waals surface area contributed by atoms with Gasteiger partial charge in [0.2, 0.25) is 0 Å². The van der Waals surface area contributed by atoms with E-state index < -0.39 is 16.9 Å². The molecule has 1 fully saturated rings. The average Bonchev–Trinajstić information content (AvgIpc) is 3.17. The number of benzene rings is 2. The number of carbonyl (C=O) groups is 2. The molecule has 1 N–H and O–H groups in total. The molecular weight excluding hydrogens is 384 g/mol. The fourth-order valence-electron chi connectivity index (χ4n) is 3.56. The van der Waals surface area contributed by atoms with E-state index in [0.29, 0.717) is 5.69 Å². The molecule has 3 aromatic rings. The lowest BCUT2D eigenvalue weighted by Crippen LogP contribution is -2.30. The standard InChI is InChI=1S/C22H18N4O4/c1-14-12-16(15(2)24(14)18-8-10-19(11-9-18)26(29)30)13-20-21(27)25(22(28)23-20)17-6-4-3-5-7-17/h3-13H,1-2H3,(H,23,28)/b20-13-. The van der Waals surface area contributed by atoms with Crippen LogP contribution in [0.2, 0.25) is 0 Å². The van der Waals surface area contributed by atoms with E-state index in [9.17, 15) is 19.7 Å². The SMILES string of the molecule is Cc1cc(/C=C2\NC(=O)N(c3ccccc3)C2=O)c(C)n1-c1ccc([N+](=O)[O-])cc1. The van der Waals surface area contributed by atoms with Crippen LogP contribution in [0, 0.1) is 24.0 Å². The highest BCUT2D eigenvalue weighted by Gasteiger charge is 2.34. The smallest absolute Gasteiger partial charge is 0.318 e. The molecule has 8 heteroatoms. The Morgan fingerprint density at radius 2 is 1.63 bits per heavy atom. The van der Waals surface area contributed by atoms with Crippen molar-refractivity contribution in [3.8, 4) is 5.69 Å². The number of nitro groups is 1. The summed E-state index contributed by atoms with van der Waals surface area (Å²) in [4.78, 5) is 36.7. The second-order valence-electron chi connectivity index (χ2n) is 6.90. The van der Waals surface area contributed by atoms with Gasteiger partial charge in [-0.1, -0.05) is 18.2 Å². The van der Waals surface area contributed by atoms with Crippen molar-refractivity contribution in [3.63, 3.8) is 0 Å². The number of nitrogens with zero attached hydrogens (tertiary/aromatic N) is 3. The highest BCUT2D eigenvalue weighted by Crippen LogP contribution is 2.26. The number of hydrogen-bond acceptors (Lipinski definition) is 4. The van der Waals surface area contributed by atoms with Gasteiger partial charge in [0.1, 0.15) is 5.70 Å². The van der Waals surface area contributed by atoms with Crippen molar-refractivity contribution in [3.05, 3.63) is 93.4 Å². The first kappa shape index (κ1) is 19.1. The lowest BCUT2D eigenvalue weighted by molar-refractivity contribution is -0.384. The van der Waals surface area contributed by atoms with E-state index in [2.05, 4.69) is 5.32 Å². The number of aromatic nitrogens is 1. The Hall–Kier alpha value is -4.20. The Morgan fingerprint density at radius 1 is 0.967 bits per heavy atom. The van der Waals surface area contributed by atoms with Crippen molar-refractivity contribution >= 4 is 29.4 Å². The number of nitro benzene ring substituents is 1. The van der Waals surface area contributed by atoms with Gasteiger partial charge in [0.25, 0.3) is 11.6 Å². The van der Waals surface area contributed by atoms with Gasteiger partial charge in [0.15, 0.2) is 0 Å². The first-order chi connectivity index (χ1) is 14.4. The third-order valence-corrected chi connectivity index (χ3v) is 4.98. The van der Waals surface area contributed by atoms with Gasteiger partial charge in [-0.2, -0.15) is 0 Å². The fraction of sp³-hybridized carbons (Fsp3) is 0.0909. The average molecular weight is 402 g/mol. The van der Waals surface area contributed by atoms with E-state index in [-0.39, 0.29) is 11.4 Å². The Kier molecular flexibility index (Phi) is 4.67. The summed E-state index contributed by atoms with van der Waals surface area (Å²) in [5.74, 6) is -0.425. The molecule has 0 radical (unpaired) electrons. The summed E-state index contributed by atoms with van der Waals surface area (Å²) in [6.07, 6.45) is 1.65. The lowest BCUT2D eigenvalue weighted by atomic mass is 10.2. The van der Waals surface area contributed by atoms with E-state index in [1.165, 1.54) is 12.1 Å². The quantitative estimate of drug-likeness (QED) is 0.307. The molecule has 0 aliphatic carbocycles. The van der Waals surface area contributed by atoms with E-state index in [1.807, 2.05) is 30.5 Å². The van der Waals surface area contributed by atoms with E-state index >= 15 is 0 Å². The predicted molar refractivity (Wildman–Crippen MR) is 112 cm³/mol. The normalized spacial score (nSPS) is 15.0. The molecule has 4 rings (SSSR count). The number of aryl methyl sites for hydroxylation is 1. The van der Waals surface area contributed by atoms with Crippen molar-refractivity contribution < 1.29 is 14.5 Å².